The molecule has 21 heavy (non-hydrogen) atoms. The summed E-state index contributed by atoms with van der Waals surface area (Å²) in [5.41, 5.74) is 3.34. The van der Waals surface area contributed by atoms with Crippen LogP contribution in [0.4, 0.5) is 5.69 Å². The summed E-state index contributed by atoms with van der Waals surface area (Å²) in [6.45, 7) is 6.75. The topological polar surface area (TPSA) is 61.8 Å². The summed E-state index contributed by atoms with van der Waals surface area (Å²) in [6.07, 6.45) is 0.428. The summed E-state index contributed by atoms with van der Waals surface area (Å²) in [5, 5.41) is 12.8. The molecular weight excluding hydrogens is 268 g/mol. The average molecular weight is 292 g/mol. The van der Waals surface area contributed by atoms with E-state index in [1.165, 1.54) is 18.1 Å². The maximum atomic E-state index is 11.2. The van der Waals surface area contributed by atoms with Crippen molar-refractivity contribution < 1.29 is 14.6 Å². The zero-order chi connectivity index (χ0) is 15.2. The van der Waals surface area contributed by atoms with Gasteiger partial charge in [-0.2, -0.15) is 0 Å². The quantitative estimate of drug-likeness (QED) is 0.832. The van der Waals surface area contributed by atoms with Gasteiger partial charge in [0.1, 0.15) is 0 Å². The van der Waals surface area contributed by atoms with Crippen LogP contribution in [0.2, 0.25) is 0 Å². The third-order valence-electron chi connectivity index (χ3n) is 3.64. The summed E-state index contributed by atoms with van der Waals surface area (Å²) >= 11 is 0. The van der Waals surface area contributed by atoms with E-state index in [1.807, 2.05) is 19.1 Å². The normalized spacial score (nSPS) is 16.3. The first-order valence-electron chi connectivity index (χ1n) is 7.46. The van der Waals surface area contributed by atoms with Crippen LogP contribution in [0, 0.1) is 0 Å². The molecule has 1 amide bonds. The third-order valence-corrected chi connectivity index (χ3v) is 3.64. The number of ether oxygens (including phenoxy) is 1. The first-order chi connectivity index (χ1) is 10.1. The average Bonchev–Trinajstić information content (AvgIpc) is 2.44. The van der Waals surface area contributed by atoms with Crippen LogP contribution in [-0.2, 0) is 22.5 Å². The molecule has 0 spiro atoms. The van der Waals surface area contributed by atoms with E-state index in [0.29, 0.717) is 19.8 Å². The minimum atomic E-state index is -0.454. The molecule has 5 heteroatoms. The van der Waals surface area contributed by atoms with Crippen molar-refractivity contribution in [3.63, 3.8) is 0 Å². The lowest BCUT2D eigenvalue weighted by Crippen LogP contribution is -2.38. The number of rotatable bonds is 6. The van der Waals surface area contributed by atoms with Crippen LogP contribution in [0.3, 0.4) is 0 Å². The molecule has 1 aliphatic heterocycles. The molecule has 0 radical (unpaired) electrons. The fourth-order valence-electron chi connectivity index (χ4n) is 2.74. The molecule has 0 fully saturated rings. The number of anilines is 1. The number of fused-ring (bicyclic) bond motifs is 1. The number of hydrogen-bond acceptors (Lipinski definition) is 4. The minimum absolute atomic E-state index is 0.0435. The smallest absolute Gasteiger partial charge is 0.221 e. The van der Waals surface area contributed by atoms with E-state index in [9.17, 15) is 9.90 Å². The third kappa shape index (κ3) is 4.52. The summed E-state index contributed by atoms with van der Waals surface area (Å²) < 4.78 is 5.24. The van der Waals surface area contributed by atoms with Crippen molar-refractivity contribution in [2.75, 3.05) is 31.6 Å². The van der Waals surface area contributed by atoms with Crippen molar-refractivity contribution in [1.29, 1.82) is 0 Å². The van der Waals surface area contributed by atoms with E-state index in [-0.39, 0.29) is 5.91 Å². The summed E-state index contributed by atoms with van der Waals surface area (Å²) in [6, 6.07) is 5.99. The van der Waals surface area contributed by atoms with E-state index in [4.69, 9.17) is 4.74 Å². The molecule has 1 unspecified atom stereocenters. The Morgan fingerprint density at radius 2 is 2.33 bits per heavy atom. The Balaban J connectivity index is 1.99. The van der Waals surface area contributed by atoms with Crippen LogP contribution >= 0.6 is 0 Å². The Morgan fingerprint density at radius 1 is 1.52 bits per heavy atom. The maximum absolute atomic E-state index is 11.2. The van der Waals surface area contributed by atoms with Crippen molar-refractivity contribution in [1.82, 2.24) is 4.90 Å². The zero-order valence-electron chi connectivity index (χ0n) is 12.8. The molecule has 2 N–H and O–H groups in total. The second-order valence-electron chi connectivity index (χ2n) is 5.42. The molecule has 116 valence electrons. The monoisotopic (exact) mass is 292 g/mol. The van der Waals surface area contributed by atoms with Crippen molar-refractivity contribution in [3.8, 4) is 0 Å². The lowest BCUT2D eigenvalue weighted by Gasteiger charge is -2.31. The molecule has 1 aromatic carbocycles. The SMILES string of the molecule is CCOCC(O)CN1CCc2c(cccc2NC(C)=O)C1. The number of nitrogens with one attached hydrogen (secondary N) is 1. The molecule has 0 saturated heterocycles. The number of amides is 1. The molecule has 1 aromatic rings. The number of nitrogens with zero attached hydrogens (tertiary/aromatic N) is 1. The van der Waals surface area contributed by atoms with E-state index in [2.05, 4.69) is 16.3 Å². The van der Waals surface area contributed by atoms with Gasteiger partial charge in [0, 0.05) is 38.9 Å². The molecule has 0 bridgehead atoms. The molecule has 2 rings (SSSR count). The standard InChI is InChI=1S/C16H24N2O3/c1-3-21-11-14(20)10-18-8-7-15-13(9-18)5-4-6-16(15)17-12(2)19/h4-6,14,20H,3,7-11H2,1-2H3,(H,17,19). The summed E-state index contributed by atoms with van der Waals surface area (Å²) in [7, 11) is 0. The highest BCUT2D eigenvalue weighted by Gasteiger charge is 2.20. The maximum Gasteiger partial charge on any atom is 0.221 e. The van der Waals surface area contributed by atoms with Gasteiger partial charge < -0.3 is 15.2 Å². The zero-order valence-corrected chi connectivity index (χ0v) is 12.8. The first kappa shape index (κ1) is 15.9. The minimum Gasteiger partial charge on any atom is -0.389 e. The number of carbonyl (C=O) groups is 1. The van der Waals surface area contributed by atoms with Gasteiger partial charge >= 0.3 is 0 Å². The molecule has 1 aliphatic rings. The fourth-order valence-corrected chi connectivity index (χ4v) is 2.74. The first-order valence-corrected chi connectivity index (χ1v) is 7.46. The Hall–Kier alpha value is -1.43. The number of aliphatic hydroxyl groups excluding tert-OH is 1. The van der Waals surface area contributed by atoms with Gasteiger partial charge in [-0.15, -0.1) is 0 Å². The number of aliphatic hydroxyl groups is 1. The Labute approximate surface area is 125 Å². The molecule has 0 aromatic heterocycles. The Bertz CT molecular complexity index is 490. The number of carbonyl (C=O) groups excluding carboxylic acids is 1. The molecule has 5 nitrogen and oxygen atoms in total. The predicted molar refractivity (Wildman–Crippen MR) is 82.2 cm³/mol. The lowest BCUT2D eigenvalue weighted by molar-refractivity contribution is -0.114. The van der Waals surface area contributed by atoms with Crippen molar-refractivity contribution in [2.45, 2.75) is 32.9 Å². The van der Waals surface area contributed by atoms with E-state index >= 15 is 0 Å². The predicted octanol–water partition coefficient (Wildman–Crippen LogP) is 1.40. The van der Waals surface area contributed by atoms with Crippen molar-refractivity contribution in [3.05, 3.63) is 29.3 Å². The lowest BCUT2D eigenvalue weighted by atomic mass is 9.97. The van der Waals surface area contributed by atoms with Gasteiger partial charge in [0.2, 0.25) is 5.91 Å². The van der Waals surface area contributed by atoms with Crippen LogP contribution in [0.1, 0.15) is 25.0 Å². The van der Waals surface area contributed by atoms with Gasteiger partial charge in [-0.1, -0.05) is 12.1 Å². The van der Waals surface area contributed by atoms with Crippen LogP contribution in [0.15, 0.2) is 18.2 Å². The van der Waals surface area contributed by atoms with E-state index in [1.54, 1.807) is 0 Å². The van der Waals surface area contributed by atoms with Gasteiger partial charge in [0.05, 0.1) is 12.7 Å². The van der Waals surface area contributed by atoms with Gasteiger partial charge in [-0.3, -0.25) is 9.69 Å². The number of benzene rings is 1. The highest BCUT2D eigenvalue weighted by atomic mass is 16.5. The Kier molecular flexibility index (Phi) is 5.73. The fraction of sp³-hybridized carbons (Fsp3) is 0.562. The van der Waals surface area contributed by atoms with Crippen molar-refractivity contribution in [2.24, 2.45) is 0 Å². The second kappa shape index (κ2) is 7.54. The van der Waals surface area contributed by atoms with E-state index in [0.717, 1.165) is 25.2 Å². The summed E-state index contributed by atoms with van der Waals surface area (Å²) in [5.74, 6) is -0.0435. The van der Waals surface area contributed by atoms with Crippen molar-refractivity contribution >= 4 is 11.6 Å². The van der Waals surface area contributed by atoms with Crippen LogP contribution in [-0.4, -0.2) is 48.3 Å². The van der Waals surface area contributed by atoms with Crippen LogP contribution in [0.25, 0.3) is 0 Å². The van der Waals surface area contributed by atoms with Gasteiger partial charge in [0.15, 0.2) is 0 Å². The van der Waals surface area contributed by atoms with Gasteiger partial charge in [0.25, 0.3) is 0 Å². The molecular formula is C16H24N2O3. The van der Waals surface area contributed by atoms with E-state index < -0.39 is 6.10 Å². The van der Waals surface area contributed by atoms with Gasteiger partial charge in [-0.05, 0) is 30.5 Å². The van der Waals surface area contributed by atoms with Crippen LogP contribution < -0.4 is 5.32 Å². The molecule has 0 saturated carbocycles. The van der Waals surface area contributed by atoms with Gasteiger partial charge in [-0.25, -0.2) is 0 Å². The molecule has 1 atom stereocenters. The molecule has 0 aliphatic carbocycles. The molecule has 1 heterocycles. The number of hydrogen-bond donors (Lipinski definition) is 2. The van der Waals surface area contributed by atoms with Crippen LogP contribution in [0.5, 0.6) is 0 Å². The largest absolute Gasteiger partial charge is 0.389 e. The number of β-amino-alcohol motifs (C(OH)–C–C–N with tert-alkyl or cyclic N) is 1. The summed E-state index contributed by atoms with van der Waals surface area (Å²) in [4.78, 5) is 13.5. The highest BCUT2D eigenvalue weighted by molar-refractivity contribution is 5.89. The Morgan fingerprint density at radius 3 is 3.05 bits per heavy atom. The highest BCUT2D eigenvalue weighted by Crippen LogP contribution is 2.26. The second-order valence-corrected chi connectivity index (χ2v) is 5.42.